The molecule has 0 aliphatic carbocycles. The highest BCUT2D eigenvalue weighted by atomic mass is 19.1. The number of nitrogens with one attached hydrogen (secondary N) is 1. The molecule has 25 heavy (non-hydrogen) atoms. The van der Waals surface area contributed by atoms with Crippen LogP contribution in [0.1, 0.15) is 18.9 Å². The lowest BCUT2D eigenvalue weighted by atomic mass is 10.1. The molecule has 0 radical (unpaired) electrons. The van der Waals surface area contributed by atoms with Crippen molar-refractivity contribution in [3.63, 3.8) is 0 Å². The number of fused-ring (bicyclic) bond motifs is 1. The Kier molecular flexibility index (Phi) is 4.70. The number of halogens is 1. The van der Waals surface area contributed by atoms with Crippen LogP contribution in [0.25, 0.3) is 0 Å². The van der Waals surface area contributed by atoms with Gasteiger partial charge < -0.3 is 15.0 Å². The van der Waals surface area contributed by atoms with Crippen molar-refractivity contribution in [2.75, 3.05) is 16.8 Å². The molecular weight excluding hydrogens is 323 g/mol. The van der Waals surface area contributed by atoms with Crippen molar-refractivity contribution in [2.24, 2.45) is 0 Å². The van der Waals surface area contributed by atoms with Crippen LogP contribution in [-0.4, -0.2) is 24.5 Å². The number of benzene rings is 2. The first-order valence-corrected chi connectivity index (χ1v) is 8.09. The van der Waals surface area contributed by atoms with E-state index >= 15 is 0 Å². The van der Waals surface area contributed by atoms with Crippen LogP contribution >= 0.6 is 0 Å². The van der Waals surface area contributed by atoms with E-state index in [-0.39, 0.29) is 30.5 Å². The molecule has 0 saturated heterocycles. The number of para-hydroxylation sites is 2. The number of carbonyl (C=O) groups excluding carboxylic acids is 2. The van der Waals surface area contributed by atoms with Gasteiger partial charge in [0.25, 0.3) is 5.91 Å². The largest absolute Gasteiger partial charge is 0.479 e. The number of carbonyl (C=O) groups is 2. The van der Waals surface area contributed by atoms with Crippen molar-refractivity contribution in [1.29, 1.82) is 0 Å². The summed E-state index contributed by atoms with van der Waals surface area (Å²) < 4.78 is 19.3. The molecule has 1 unspecified atom stereocenters. The molecule has 1 heterocycles. The van der Waals surface area contributed by atoms with Crippen molar-refractivity contribution < 1.29 is 18.7 Å². The summed E-state index contributed by atoms with van der Waals surface area (Å²) in [5.41, 5.74) is 1.63. The normalized spacial score (nSPS) is 16.2. The Balaban J connectivity index is 1.69. The molecule has 2 aromatic rings. The highest BCUT2D eigenvalue weighted by Crippen LogP contribution is 2.33. The van der Waals surface area contributed by atoms with Gasteiger partial charge in [-0.15, -0.1) is 0 Å². The Hall–Kier alpha value is -2.89. The fraction of sp³-hybridized carbons (Fsp3) is 0.263. The molecule has 130 valence electrons. The van der Waals surface area contributed by atoms with Crippen LogP contribution in [0.3, 0.4) is 0 Å². The maximum Gasteiger partial charge on any atom is 0.267 e. The zero-order valence-corrected chi connectivity index (χ0v) is 14.1. The number of aryl methyl sites for hydroxylation is 1. The topological polar surface area (TPSA) is 58.6 Å². The number of hydrogen-bond acceptors (Lipinski definition) is 3. The van der Waals surface area contributed by atoms with E-state index in [9.17, 15) is 14.0 Å². The van der Waals surface area contributed by atoms with Gasteiger partial charge in [0.1, 0.15) is 11.6 Å². The zero-order chi connectivity index (χ0) is 18.0. The zero-order valence-electron chi connectivity index (χ0n) is 14.1. The first-order valence-electron chi connectivity index (χ1n) is 8.09. The highest BCUT2D eigenvalue weighted by molar-refractivity contribution is 6.00. The summed E-state index contributed by atoms with van der Waals surface area (Å²) in [6.07, 6.45) is -0.549. The number of anilines is 2. The molecule has 1 N–H and O–H groups in total. The van der Waals surface area contributed by atoms with Crippen LogP contribution in [0.15, 0.2) is 42.5 Å². The van der Waals surface area contributed by atoms with Gasteiger partial charge in [0, 0.05) is 13.0 Å². The lowest BCUT2D eigenvalue weighted by molar-refractivity contribution is -0.125. The SMILES string of the molecule is Cc1ccc(F)c(NC(=O)CCN2C(=O)C(C)Oc3ccccc32)c1. The second-order valence-electron chi connectivity index (χ2n) is 6.00. The van der Waals surface area contributed by atoms with E-state index < -0.39 is 11.9 Å². The minimum Gasteiger partial charge on any atom is -0.479 e. The molecule has 0 aromatic heterocycles. The van der Waals surface area contributed by atoms with Crippen molar-refractivity contribution in [1.82, 2.24) is 0 Å². The summed E-state index contributed by atoms with van der Waals surface area (Å²) in [5.74, 6) is -0.428. The molecule has 2 aromatic carbocycles. The third-order valence-corrected chi connectivity index (χ3v) is 4.03. The lowest BCUT2D eigenvalue weighted by Gasteiger charge is -2.32. The molecule has 1 aliphatic heterocycles. The minimum atomic E-state index is -0.604. The molecular formula is C19H19FN2O3. The van der Waals surface area contributed by atoms with E-state index in [1.54, 1.807) is 37.3 Å². The Morgan fingerprint density at radius 2 is 2.04 bits per heavy atom. The van der Waals surface area contributed by atoms with Gasteiger partial charge >= 0.3 is 0 Å². The number of hydrogen-bond donors (Lipinski definition) is 1. The molecule has 2 amide bonds. The van der Waals surface area contributed by atoms with Gasteiger partial charge in [-0.3, -0.25) is 9.59 Å². The van der Waals surface area contributed by atoms with Crippen LogP contribution in [0, 0.1) is 12.7 Å². The molecule has 0 fully saturated rings. The molecule has 6 heteroatoms. The summed E-state index contributed by atoms with van der Waals surface area (Å²) in [7, 11) is 0. The van der Waals surface area contributed by atoms with Gasteiger partial charge in [-0.2, -0.15) is 0 Å². The van der Waals surface area contributed by atoms with E-state index in [4.69, 9.17) is 4.74 Å². The smallest absolute Gasteiger partial charge is 0.267 e. The number of nitrogens with zero attached hydrogens (tertiary/aromatic N) is 1. The van der Waals surface area contributed by atoms with E-state index in [2.05, 4.69) is 5.32 Å². The monoisotopic (exact) mass is 342 g/mol. The molecule has 5 nitrogen and oxygen atoms in total. The Morgan fingerprint density at radius 1 is 1.28 bits per heavy atom. The summed E-state index contributed by atoms with van der Waals surface area (Å²) in [5, 5.41) is 2.56. The maximum absolute atomic E-state index is 13.7. The van der Waals surface area contributed by atoms with Crippen LogP contribution < -0.4 is 15.0 Å². The Bertz CT molecular complexity index is 822. The standard InChI is InChI=1S/C19H19FN2O3/c1-12-7-8-14(20)15(11-12)21-18(23)9-10-22-16-5-3-4-6-17(16)25-13(2)19(22)24/h3-8,11,13H,9-10H2,1-2H3,(H,21,23). The molecule has 0 spiro atoms. The van der Waals surface area contributed by atoms with E-state index in [1.165, 1.54) is 11.0 Å². The van der Waals surface area contributed by atoms with Crippen LogP contribution in [0.2, 0.25) is 0 Å². The quantitative estimate of drug-likeness (QED) is 0.928. The van der Waals surface area contributed by atoms with Gasteiger partial charge in [0.2, 0.25) is 5.91 Å². The van der Waals surface area contributed by atoms with Crippen molar-refractivity contribution in [3.8, 4) is 5.75 Å². The minimum absolute atomic E-state index is 0.0557. The molecule has 0 bridgehead atoms. The summed E-state index contributed by atoms with van der Waals surface area (Å²) in [6.45, 7) is 3.69. The second kappa shape index (κ2) is 6.93. The van der Waals surface area contributed by atoms with Gasteiger partial charge in [-0.1, -0.05) is 18.2 Å². The van der Waals surface area contributed by atoms with Crippen LogP contribution in [0.4, 0.5) is 15.8 Å². The Labute approximate surface area is 145 Å². The van der Waals surface area contributed by atoms with E-state index in [0.717, 1.165) is 5.56 Å². The van der Waals surface area contributed by atoms with Gasteiger partial charge in [0.05, 0.1) is 11.4 Å². The van der Waals surface area contributed by atoms with E-state index in [1.807, 2.05) is 13.0 Å². The van der Waals surface area contributed by atoms with Crippen molar-refractivity contribution >= 4 is 23.2 Å². The van der Waals surface area contributed by atoms with Gasteiger partial charge in [-0.25, -0.2) is 4.39 Å². The van der Waals surface area contributed by atoms with Crippen LogP contribution in [-0.2, 0) is 9.59 Å². The lowest BCUT2D eigenvalue weighted by Crippen LogP contribution is -2.45. The van der Waals surface area contributed by atoms with Crippen molar-refractivity contribution in [3.05, 3.63) is 53.8 Å². The fourth-order valence-corrected chi connectivity index (χ4v) is 2.75. The number of ether oxygens (including phenoxy) is 1. The summed E-state index contributed by atoms with van der Waals surface area (Å²) in [6, 6.07) is 11.7. The third kappa shape index (κ3) is 3.63. The maximum atomic E-state index is 13.7. The molecule has 1 atom stereocenters. The van der Waals surface area contributed by atoms with Crippen molar-refractivity contribution in [2.45, 2.75) is 26.4 Å². The first kappa shape index (κ1) is 17.0. The number of rotatable bonds is 4. The van der Waals surface area contributed by atoms with Gasteiger partial charge in [-0.05, 0) is 43.7 Å². The first-order chi connectivity index (χ1) is 12.0. The molecule has 3 rings (SSSR count). The Morgan fingerprint density at radius 3 is 2.84 bits per heavy atom. The third-order valence-electron chi connectivity index (χ3n) is 4.03. The van der Waals surface area contributed by atoms with E-state index in [0.29, 0.717) is 11.4 Å². The fourth-order valence-electron chi connectivity index (χ4n) is 2.75. The summed E-state index contributed by atoms with van der Waals surface area (Å²) in [4.78, 5) is 26.1. The highest BCUT2D eigenvalue weighted by Gasteiger charge is 2.31. The second-order valence-corrected chi connectivity index (χ2v) is 6.00. The van der Waals surface area contributed by atoms with Gasteiger partial charge in [0.15, 0.2) is 6.10 Å². The molecule has 1 aliphatic rings. The number of amides is 2. The summed E-state index contributed by atoms with van der Waals surface area (Å²) >= 11 is 0. The average Bonchev–Trinajstić information content (AvgIpc) is 2.58. The predicted octanol–water partition coefficient (Wildman–Crippen LogP) is 3.28. The predicted molar refractivity (Wildman–Crippen MR) is 93.3 cm³/mol. The average molecular weight is 342 g/mol. The molecule has 0 saturated carbocycles. The van der Waals surface area contributed by atoms with Crippen LogP contribution in [0.5, 0.6) is 5.75 Å².